The standard InChI is InChI=1S/C48H62BClN6O6/c1-30-4-10-36(28-37(30)50)56(20-3-19-54-21-13-32(14-22-54)26-31-5-7-33(8-6-31)45(51)59)46(60)34-15-23-55(24-16-34)41(58)29-49-52-38-12-17-48(61)40-27-35-9-11-39(57)43-42(35)47(48,44(38)62-43)18-25-53(40)2/h4-11,28,32,34,38,40,44,49,52,57,61H,3,12-27,29H2,1-2H3,(H2,51,59)/t38-,40?,44-,47-,48+/m1/s1. The van der Waals surface area contributed by atoms with Gasteiger partial charge in [0, 0.05) is 65.8 Å². The predicted molar refractivity (Wildman–Crippen MR) is 242 cm³/mol. The van der Waals surface area contributed by atoms with Crippen molar-refractivity contribution in [2.24, 2.45) is 17.6 Å². The number of nitrogens with one attached hydrogen (secondary N) is 1. The van der Waals surface area contributed by atoms with Gasteiger partial charge in [0.05, 0.1) is 11.0 Å². The molecule has 330 valence electrons. The van der Waals surface area contributed by atoms with Crippen LogP contribution < -0.4 is 20.6 Å². The molecule has 12 nitrogen and oxygen atoms in total. The Hall–Kier alpha value is -4.14. The summed E-state index contributed by atoms with van der Waals surface area (Å²) in [6.45, 7) is 7.45. The molecule has 3 amide bonds. The molecular formula is C48H62BClN6O6. The van der Waals surface area contributed by atoms with Crippen LogP contribution in [0.25, 0.3) is 0 Å². The Morgan fingerprint density at radius 1 is 0.984 bits per heavy atom. The Kier molecular flexibility index (Phi) is 12.1. The fourth-order valence-corrected chi connectivity index (χ4v) is 12.4. The van der Waals surface area contributed by atoms with E-state index in [-0.39, 0.29) is 41.7 Å². The minimum atomic E-state index is -0.947. The number of nitrogens with zero attached hydrogens (tertiary/aromatic N) is 4. The molecule has 2 aliphatic carbocycles. The molecule has 4 aliphatic heterocycles. The van der Waals surface area contributed by atoms with Crippen molar-refractivity contribution in [2.75, 3.05) is 57.8 Å². The number of carbonyl (C=O) groups is 3. The molecule has 6 aliphatic rings. The lowest BCUT2D eigenvalue weighted by Gasteiger charge is -2.63. The molecular weight excluding hydrogens is 803 g/mol. The van der Waals surface area contributed by atoms with Crippen molar-refractivity contribution in [3.05, 3.63) is 87.4 Å². The number of aliphatic hydroxyl groups is 1. The fraction of sp³-hybridized carbons (Fsp3) is 0.562. The smallest absolute Gasteiger partial charge is 0.248 e. The van der Waals surface area contributed by atoms with E-state index in [1.54, 1.807) is 6.07 Å². The normalized spacial score (nSPS) is 27.4. The van der Waals surface area contributed by atoms with Gasteiger partial charge in [-0.2, -0.15) is 0 Å². The van der Waals surface area contributed by atoms with E-state index < -0.39 is 16.9 Å². The summed E-state index contributed by atoms with van der Waals surface area (Å²) in [5, 5.41) is 27.7. The van der Waals surface area contributed by atoms with Crippen LogP contribution in [0.2, 0.25) is 11.3 Å². The number of primary amides is 1. The molecule has 2 bridgehead atoms. The van der Waals surface area contributed by atoms with E-state index in [4.69, 9.17) is 22.1 Å². The van der Waals surface area contributed by atoms with Gasteiger partial charge < -0.3 is 45.5 Å². The molecule has 62 heavy (non-hydrogen) atoms. The zero-order valence-electron chi connectivity index (χ0n) is 36.3. The molecule has 1 saturated carbocycles. The van der Waals surface area contributed by atoms with Gasteiger partial charge in [0.1, 0.15) is 6.10 Å². The first-order valence-corrected chi connectivity index (χ1v) is 23.4. The molecule has 9 rings (SSSR count). The molecule has 1 unspecified atom stereocenters. The van der Waals surface area contributed by atoms with Gasteiger partial charge in [-0.1, -0.05) is 35.9 Å². The first-order valence-electron chi connectivity index (χ1n) is 23.0. The number of rotatable bonds is 13. The Morgan fingerprint density at radius 3 is 2.47 bits per heavy atom. The Morgan fingerprint density at radius 2 is 1.74 bits per heavy atom. The van der Waals surface area contributed by atoms with Crippen LogP contribution in [-0.4, -0.2) is 127 Å². The zero-order valence-corrected chi connectivity index (χ0v) is 37.0. The highest BCUT2D eigenvalue weighted by Crippen LogP contribution is 2.65. The summed E-state index contributed by atoms with van der Waals surface area (Å²) in [4.78, 5) is 48.0. The molecule has 5 N–H and O–H groups in total. The van der Waals surface area contributed by atoms with Crippen LogP contribution in [0.1, 0.15) is 84.0 Å². The minimum absolute atomic E-state index is 0.00711. The lowest BCUT2D eigenvalue weighted by Crippen LogP contribution is -2.77. The fourth-order valence-electron chi connectivity index (χ4n) is 12.2. The number of hydrogen-bond acceptors (Lipinski definition) is 9. The topological polar surface area (TPSA) is 152 Å². The number of likely N-dealkylation sites (N-methyl/N-ethyl adjacent to an activating group) is 1. The van der Waals surface area contributed by atoms with Gasteiger partial charge in [-0.15, -0.1) is 0 Å². The van der Waals surface area contributed by atoms with Crippen molar-refractivity contribution in [1.82, 2.24) is 19.9 Å². The molecule has 1 spiro atoms. The van der Waals surface area contributed by atoms with E-state index in [0.717, 1.165) is 93.5 Å². The average Bonchev–Trinajstić information content (AvgIpc) is 3.63. The summed E-state index contributed by atoms with van der Waals surface area (Å²) in [7, 11) is 2.59. The molecule has 4 fully saturated rings. The first-order chi connectivity index (χ1) is 29.9. The monoisotopic (exact) mass is 864 g/mol. The lowest BCUT2D eigenvalue weighted by atomic mass is 9.48. The van der Waals surface area contributed by atoms with Gasteiger partial charge in [0.2, 0.25) is 25.1 Å². The number of phenolic OH excluding ortho intramolecular Hbond substituents is 1. The van der Waals surface area contributed by atoms with Gasteiger partial charge in [0.15, 0.2) is 11.5 Å². The number of carbonyl (C=O) groups excluding carboxylic acids is 3. The number of ether oxygens (including phenoxy) is 1. The number of piperidine rings is 3. The summed E-state index contributed by atoms with van der Waals surface area (Å²) >= 11 is 6.60. The zero-order chi connectivity index (χ0) is 43.3. The van der Waals surface area contributed by atoms with Crippen LogP contribution >= 0.6 is 11.6 Å². The van der Waals surface area contributed by atoms with Crippen LogP contribution in [0.5, 0.6) is 11.5 Å². The van der Waals surface area contributed by atoms with Crippen LogP contribution in [-0.2, 0) is 27.8 Å². The second-order valence-electron chi connectivity index (χ2n) is 19.2. The second-order valence-corrected chi connectivity index (χ2v) is 19.6. The van der Waals surface area contributed by atoms with Crippen LogP contribution in [0.15, 0.2) is 54.6 Å². The number of amides is 3. The maximum absolute atomic E-state index is 14.3. The molecule has 3 saturated heterocycles. The van der Waals surface area contributed by atoms with E-state index in [2.05, 4.69) is 22.1 Å². The molecule has 0 radical (unpaired) electrons. The van der Waals surface area contributed by atoms with Crippen LogP contribution in [0, 0.1) is 18.8 Å². The summed E-state index contributed by atoms with van der Waals surface area (Å²) in [5.74, 6) is 0.851. The van der Waals surface area contributed by atoms with E-state index in [9.17, 15) is 24.6 Å². The number of hydrogen-bond donors (Lipinski definition) is 4. The van der Waals surface area contributed by atoms with Gasteiger partial charge in [-0.3, -0.25) is 14.4 Å². The molecule has 5 atom stereocenters. The summed E-state index contributed by atoms with van der Waals surface area (Å²) in [6, 6.07) is 17.2. The minimum Gasteiger partial charge on any atom is -0.504 e. The Balaban J connectivity index is 0.763. The van der Waals surface area contributed by atoms with Crippen molar-refractivity contribution >= 4 is 42.4 Å². The number of aromatic hydroxyl groups is 1. The molecule has 0 aromatic heterocycles. The molecule has 14 heteroatoms. The van der Waals surface area contributed by atoms with E-state index in [1.807, 2.05) is 65.3 Å². The number of likely N-dealkylation sites (tertiary alicyclic amines) is 3. The van der Waals surface area contributed by atoms with E-state index in [1.165, 1.54) is 5.56 Å². The van der Waals surface area contributed by atoms with Gasteiger partial charge in [-0.05, 0) is 157 Å². The molecule has 3 aromatic carbocycles. The third-order valence-corrected chi connectivity index (χ3v) is 16.1. The number of anilines is 1. The van der Waals surface area contributed by atoms with E-state index in [0.29, 0.717) is 74.9 Å². The maximum Gasteiger partial charge on any atom is 0.248 e. The number of halogens is 1. The van der Waals surface area contributed by atoms with Gasteiger partial charge in [0.25, 0.3) is 0 Å². The highest BCUT2D eigenvalue weighted by Gasteiger charge is 2.72. The largest absolute Gasteiger partial charge is 0.504 e. The summed E-state index contributed by atoms with van der Waals surface area (Å²) in [6.07, 6.45) is 8.15. The Bertz CT molecular complexity index is 2180. The van der Waals surface area contributed by atoms with Crippen LogP contribution in [0.4, 0.5) is 5.69 Å². The van der Waals surface area contributed by atoms with Gasteiger partial charge >= 0.3 is 0 Å². The number of phenols is 1. The molecule has 3 aromatic rings. The second kappa shape index (κ2) is 17.4. The quantitative estimate of drug-likeness (QED) is 0.181. The summed E-state index contributed by atoms with van der Waals surface area (Å²) in [5.41, 5.74) is 9.58. The van der Waals surface area contributed by atoms with Crippen molar-refractivity contribution in [2.45, 2.75) is 107 Å². The van der Waals surface area contributed by atoms with Crippen molar-refractivity contribution in [3.8, 4) is 11.5 Å². The summed E-state index contributed by atoms with van der Waals surface area (Å²) < 4.78 is 6.64. The highest BCUT2D eigenvalue weighted by atomic mass is 35.5. The molecule has 4 heterocycles. The average molecular weight is 865 g/mol. The highest BCUT2D eigenvalue weighted by molar-refractivity contribution is 6.38. The van der Waals surface area contributed by atoms with Crippen molar-refractivity contribution in [3.63, 3.8) is 0 Å². The first kappa shape index (κ1) is 43.1. The SMILES string of the molecule is Cc1ccc(N(CCCN2CCC(Cc3ccc(C(N)=O)cc3)CC2)C(=O)C2CCN(C(=O)CBN[C@@H]3CC[C@]4(O)C5Cc6ccc(O)c7c6[C@]4(CCN5C)[C@@H]3O7)CC2)cc1Cl. The van der Waals surface area contributed by atoms with Gasteiger partial charge in [-0.25, -0.2) is 0 Å². The lowest BCUT2D eigenvalue weighted by molar-refractivity contribution is -0.185. The predicted octanol–water partition coefficient (Wildman–Crippen LogP) is 4.58. The number of benzene rings is 3. The number of aryl methyl sites for hydroxylation is 1. The Labute approximate surface area is 371 Å². The number of nitrogens with two attached hydrogens (primary N) is 1. The van der Waals surface area contributed by atoms with E-state index >= 15 is 0 Å². The third kappa shape index (κ3) is 7.80. The van der Waals surface area contributed by atoms with Crippen LogP contribution in [0.3, 0.4) is 0 Å². The third-order valence-electron chi connectivity index (χ3n) is 15.7. The maximum atomic E-state index is 14.3. The van der Waals surface area contributed by atoms with Crippen molar-refractivity contribution in [1.29, 1.82) is 0 Å². The van der Waals surface area contributed by atoms with Crippen molar-refractivity contribution < 1.29 is 29.3 Å².